The number of nitrogens with zero attached hydrogens (tertiary/aromatic N) is 2. The zero-order chi connectivity index (χ0) is 14.2. The quantitative estimate of drug-likeness (QED) is 0.841. The van der Waals surface area contributed by atoms with E-state index in [4.69, 9.17) is 4.74 Å². The highest BCUT2D eigenvalue weighted by Gasteiger charge is 2.00. The maximum atomic E-state index is 5.60. The van der Waals surface area contributed by atoms with Crippen molar-refractivity contribution in [3.8, 4) is 5.88 Å². The molecule has 0 fully saturated rings. The molecule has 0 radical (unpaired) electrons. The SMILES string of the molecule is CC(C)CNCc1cnc(OCc2ccccc2)cn1. The summed E-state index contributed by atoms with van der Waals surface area (Å²) in [5.41, 5.74) is 2.05. The van der Waals surface area contributed by atoms with E-state index in [1.54, 1.807) is 12.4 Å². The predicted molar refractivity (Wildman–Crippen MR) is 79.4 cm³/mol. The smallest absolute Gasteiger partial charge is 0.232 e. The Morgan fingerprint density at radius 2 is 1.90 bits per heavy atom. The predicted octanol–water partition coefficient (Wildman–Crippen LogP) is 2.80. The molecule has 0 saturated carbocycles. The minimum Gasteiger partial charge on any atom is -0.472 e. The molecule has 1 N–H and O–H groups in total. The third-order valence-electron chi connectivity index (χ3n) is 2.77. The zero-order valence-corrected chi connectivity index (χ0v) is 12.0. The monoisotopic (exact) mass is 271 g/mol. The van der Waals surface area contributed by atoms with Crippen molar-refractivity contribution < 1.29 is 4.74 Å². The van der Waals surface area contributed by atoms with Gasteiger partial charge in [0, 0.05) is 6.54 Å². The average Bonchev–Trinajstić information content (AvgIpc) is 2.47. The van der Waals surface area contributed by atoms with Crippen molar-refractivity contribution in [1.29, 1.82) is 0 Å². The van der Waals surface area contributed by atoms with Crippen molar-refractivity contribution >= 4 is 0 Å². The second-order valence-corrected chi connectivity index (χ2v) is 5.14. The van der Waals surface area contributed by atoms with E-state index in [-0.39, 0.29) is 0 Å². The number of aromatic nitrogens is 2. The Balaban J connectivity index is 1.79. The number of ether oxygens (including phenoxy) is 1. The van der Waals surface area contributed by atoms with Crippen LogP contribution in [0.3, 0.4) is 0 Å². The normalized spacial score (nSPS) is 10.8. The van der Waals surface area contributed by atoms with Crippen LogP contribution in [0.1, 0.15) is 25.1 Å². The lowest BCUT2D eigenvalue weighted by atomic mass is 10.2. The summed E-state index contributed by atoms with van der Waals surface area (Å²) < 4.78 is 5.60. The molecule has 0 unspecified atom stereocenters. The van der Waals surface area contributed by atoms with Gasteiger partial charge in [0.2, 0.25) is 5.88 Å². The third-order valence-corrected chi connectivity index (χ3v) is 2.77. The minimum absolute atomic E-state index is 0.514. The second kappa shape index (κ2) is 7.60. The van der Waals surface area contributed by atoms with Crippen LogP contribution in [-0.4, -0.2) is 16.5 Å². The molecular weight excluding hydrogens is 250 g/mol. The van der Waals surface area contributed by atoms with E-state index in [1.165, 1.54) is 0 Å². The summed E-state index contributed by atoms with van der Waals surface area (Å²) in [7, 11) is 0. The fraction of sp³-hybridized carbons (Fsp3) is 0.375. The zero-order valence-electron chi connectivity index (χ0n) is 12.0. The summed E-state index contributed by atoms with van der Waals surface area (Å²) >= 11 is 0. The Morgan fingerprint density at radius 3 is 2.55 bits per heavy atom. The molecular formula is C16H21N3O. The first-order chi connectivity index (χ1) is 9.74. The van der Waals surface area contributed by atoms with Crippen LogP contribution in [0.2, 0.25) is 0 Å². The average molecular weight is 271 g/mol. The van der Waals surface area contributed by atoms with Gasteiger partial charge in [0.15, 0.2) is 0 Å². The van der Waals surface area contributed by atoms with Gasteiger partial charge in [-0.1, -0.05) is 44.2 Å². The molecule has 0 saturated heterocycles. The van der Waals surface area contributed by atoms with Crippen molar-refractivity contribution in [2.45, 2.75) is 27.0 Å². The van der Waals surface area contributed by atoms with E-state index in [0.29, 0.717) is 18.4 Å². The third kappa shape index (κ3) is 4.97. The van der Waals surface area contributed by atoms with E-state index in [1.807, 2.05) is 30.3 Å². The molecule has 4 nitrogen and oxygen atoms in total. The molecule has 2 aromatic rings. The maximum absolute atomic E-state index is 5.60. The molecule has 2 rings (SSSR count). The van der Waals surface area contributed by atoms with Crippen molar-refractivity contribution in [2.75, 3.05) is 6.54 Å². The molecule has 0 bridgehead atoms. The first-order valence-corrected chi connectivity index (χ1v) is 6.92. The van der Waals surface area contributed by atoms with Crippen molar-refractivity contribution in [2.24, 2.45) is 5.92 Å². The van der Waals surface area contributed by atoms with Crippen molar-refractivity contribution in [3.05, 3.63) is 54.0 Å². The van der Waals surface area contributed by atoms with Gasteiger partial charge in [0.05, 0.1) is 18.1 Å². The van der Waals surface area contributed by atoms with E-state index in [2.05, 4.69) is 29.1 Å². The second-order valence-electron chi connectivity index (χ2n) is 5.14. The summed E-state index contributed by atoms with van der Waals surface area (Å²) in [6, 6.07) is 10.0. The van der Waals surface area contributed by atoms with Crippen LogP contribution in [-0.2, 0) is 13.2 Å². The number of hydrogen-bond donors (Lipinski definition) is 1. The molecule has 20 heavy (non-hydrogen) atoms. The lowest BCUT2D eigenvalue weighted by Gasteiger charge is -2.08. The largest absolute Gasteiger partial charge is 0.472 e. The van der Waals surface area contributed by atoms with Crippen molar-refractivity contribution in [1.82, 2.24) is 15.3 Å². The fourth-order valence-corrected chi connectivity index (χ4v) is 1.73. The molecule has 1 heterocycles. The lowest BCUT2D eigenvalue weighted by Crippen LogP contribution is -2.19. The molecule has 0 aliphatic carbocycles. The Morgan fingerprint density at radius 1 is 1.10 bits per heavy atom. The molecule has 1 aromatic carbocycles. The van der Waals surface area contributed by atoms with Gasteiger partial charge in [-0.05, 0) is 18.0 Å². The van der Waals surface area contributed by atoms with Gasteiger partial charge in [-0.2, -0.15) is 0 Å². The lowest BCUT2D eigenvalue weighted by molar-refractivity contribution is 0.292. The minimum atomic E-state index is 0.514. The van der Waals surface area contributed by atoms with Gasteiger partial charge in [-0.3, -0.25) is 4.98 Å². The fourth-order valence-electron chi connectivity index (χ4n) is 1.73. The summed E-state index contributed by atoms with van der Waals surface area (Å²) in [5, 5.41) is 3.34. The topological polar surface area (TPSA) is 47.0 Å². The molecule has 0 amide bonds. The Hall–Kier alpha value is -1.94. The Labute approximate surface area is 120 Å². The van der Waals surface area contributed by atoms with Crippen LogP contribution in [0.15, 0.2) is 42.7 Å². The maximum Gasteiger partial charge on any atom is 0.232 e. The molecule has 106 valence electrons. The first kappa shape index (κ1) is 14.5. The van der Waals surface area contributed by atoms with Crippen LogP contribution in [0, 0.1) is 5.92 Å². The highest BCUT2D eigenvalue weighted by molar-refractivity contribution is 5.15. The van der Waals surface area contributed by atoms with Gasteiger partial charge < -0.3 is 10.1 Å². The number of rotatable bonds is 7. The molecule has 0 spiro atoms. The molecule has 1 aromatic heterocycles. The first-order valence-electron chi connectivity index (χ1n) is 6.92. The van der Waals surface area contributed by atoms with Crippen LogP contribution in [0.4, 0.5) is 0 Å². The Kier molecular flexibility index (Phi) is 5.50. The van der Waals surface area contributed by atoms with Crippen LogP contribution in [0.25, 0.3) is 0 Å². The Bertz CT molecular complexity index is 497. The van der Waals surface area contributed by atoms with E-state index >= 15 is 0 Å². The summed E-state index contributed by atoms with van der Waals surface area (Å²) in [6.45, 7) is 6.59. The van der Waals surface area contributed by atoms with Gasteiger partial charge in [0.25, 0.3) is 0 Å². The van der Waals surface area contributed by atoms with Crippen LogP contribution < -0.4 is 10.1 Å². The molecule has 0 atom stereocenters. The number of benzene rings is 1. The number of hydrogen-bond acceptors (Lipinski definition) is 4. The van der Waals surface area contributed by atoms with E-state index in [0.717, 1.165) is 24.3 Å². The standard InChI is InChI=1S/C16H21N3O/c1-13(2)8-17-9-15-10-19-16(11-18-15)20-12-14-6-4-3-5-7-14/h3-7,10-11,13,17H,8-9,12H2,1-2H3. The van der Waals surface area contributed by atoms with Gasteiger partial charge >= 0.3 is 0 Å². The van der Waals surface area contributed by atoms with E-state index in [9.17, 15) is 0 Å². The summed E-state index contributed by atoms with van der Waals surface area (Å²) in [6.07, 6.45) is 3.43. The summed E-state index contributed by atoms with van der Waals surface area (Å²) in [5.74, 6) is 1.19. The summed E-state index contributed by atoms with van der Waals surface area (Å²) in [4.78, 5) is 8.60. The van der Waals surface area contributed by atoms with Crippen LogP contribution in [0.5, 0.6) is 5.88 Å². The van der Waals surface area contributed by atoms with Crippen molar-refractivity contribution in [3.63, 3.8) is 0 Å². The molecule has 0 aliphatic heterocycles. The van der Waals surface area contributed by atoms with Gasteiger partial charge in [0.1, 0.15) is 6.61 Å². The van der Waals surface area contributed by atoms with Crippen LogP contribution >= 0.6 is 0 Å². The van der Waals surface area contributed by atoms with Gasteiger partial charge in [-0.25, -0.2) is 4.98 Å². The highest BCUT2D eigenvalue weighted by Crippen LogP contribution is 2.08. The molecule has 0 aliphatic rings. The van der Waals surface area contributed by atoms with E-state index < -0.39 is 0 Å². The molecule has 4 heteroatoms. The highest BCUT2D eigenvalue weighted by atomic mass is 16.5. The number of nitrogens with one attached hydrogen (secondary N) is 1. The van der Waals surface area contributed by atoms with Gasteiger partial charge in [-0.15, -0.1) is 0 Å².